The summed E-state index contributed by atoms with van der Waals surface area (Å²) in [6, 6.07) is 21.1. The zero-order valence-corrected chi connectivity index (χ0v) is 24.4. The van der Waals surface area contributed by atoms with Crippen LogP contribution in [0, 0.1) is 6.92 Å². The largest absolute Gasteiger partial charge is 0.394 e. The molecule has 1 atom stereocenters. The molecule has 0 radical (unpaired) electrons. The molecule has 1 aromatic heterocycles. The fraction of sp³-hybridized carbons (Fsp3) is 0.312. The molecule has 4 aromatic rings. The van der Waals surface area contributed by atoms with Gasteiger partial charge in [-0.15, -0.1) is 0 Å². The van der Waals surface area contributed by atoms with Crippen molar-refractivity contribution in [1.82, 2.24) is 15.0 Å². The fourth-order valence-corrected chi connectivity index (χ4v) is 4.85. The van der Waals surface area contributed by atoms with Crippen molar-refractivity contribution in [2.45, 2.75) is 39.2 Å². The molecular weight excluding hydrogens is 530 g/mol. The molecule has 0 aliphatic carbocycles. The van der Waals surface area contributed by atoms with E-state index in [-0.39, 0.29) is 30.0 Å². The number of hydrogen-bond acceptors (Lipinski definition) is 9. The van der Waals surface area contributed by atoms with Crippen molar-refractivity contribution in [2.75, 3.05) is 47.6 Å². The van der Waals surface area contributed by atoms with Crippen molar-refractivity contribution in [3.63, 3.8) is 0 Å². The van der Waals surface area contributed by atoms with Crippen LogP contribution in [0.4, 0.5) is 29.0 Å². The summed E-state index contributed by atoms with van der Waals surface area (Å²) < 4.78 is 5.55. The number of hydrogen-bond donors (Lipinski definition) is 4. The Balaban J connectivity index is 1.32. The van der Waals surface area contributed by atoms with E-state index in [1.54, 1.807) is 0 Å². The van der Waals surface area contributed by atoms with E-state index in [0.29, 0.717) is 36.2 Å². The lowest BCUT2D eigenvalue weighted by Crippen LogP contribution is -2.44. The third kappa shape index (κ3) is 6.67. The van der Waals surface area contributed by atoms with Crippen molar-refractivity contribution >= 4 is 34.9 Å². The monoisotopic (exact) mass is 567 g/mol. The minimum Gasteiger partial charge on any atom is -0.394 e. The summed E-state index contributed by atoms with van der Waals surface area (Å²) in [5, 5.41) is 15.7. The lowest BCUT2D eigenvalue weighted by atomic mass is 9.86. The van der Waals surface area contributed by atoms with Crippen molar-refractivity contribution in [3.05, 3.63) is 83.4 Å². The van der Waals surface area contributed by atoms with Gasteiger partial charge in [0.1, 0.15) is 0 Å². The van der Waals surface area contributed by atoms with E-state index in [2.05, 4.69) is 51.3 Å². The minimum atomic E-state index is -0.194. The highest BCUT2D eigenvalue weighted by Gasteiger charge is 2.20. The highest BCUT2D eigenvalue weighted by atomic mass is 16.5. The number of aliphatic hydroxyl groups is 1. The lowest BCUT2D eigenvalue weighted by molar-refractivity contribution is 0.00357. The third-order valence-electron chi connectivity index (χ3n) is 7.32. The maximum absolute atomic E-state index is 13.0. The Hall–Kier alpha value is -4.54. The summed E-state index contributed by atoms with van der Waals surface area (Å²) in [6.45, 7) is 10.3. The fourth-order valence-electron chi connectivity index (χ4n) is 4.85. The first kappa shape index (κ1) is 29.0. The van der Waals surface area contributed by atoms with Gasteiger partial charge >= 0.3 is 0 Å². The number of nitrogens with zero attached hydrogens (tertiary/aromatic N) is 4. The van der Waals surface area contributed by atoms with Crippen molar-refractivity contribution in [2.24, 2.45) is 0 Å². The molecule has 3 aromatic carbocycles. The topological polar surface area (TPSA) is 139 Å². The summed E-state index contributed by atoms with van der Waals surface area (Å²) in [7, 11) is 0. The zero-order valence-electron chi connectivity index (χ0n) is 24.4. The molecule has 42 heavy (non-hydrogen) atoms. The van der Waals surface area contributed by atoms with Gasteiger partial charge in [0, 0.05) is 41.3 Å². The van der Waals surface area contributed by atoms with E-state index >= 15 is 0 Å². The SMILES string of the molecule is Cc1c(NC(=O)c2ccc(C(C)(C)C)cc2)cccc1-c1nc(N)nc(Nc2ccc(N3CCOC(CO)C3)cc2)n1. The van der Waals surface area contributed by atoms with E-state index in [4.69, 9.17) is 10.5 Å². The molecule has 10 heteroatoms. The van der Waals surface area contributed by atoms with Crippen LogP contribution in [0.2, 0.25) is 0 Å². The van der Waals surface area contributed by atoms with Crippen LogP contribution < -0.4 is 21.3 Å². The molecule has 1 unspecified atom stereocenters. The number of aliphatic hydroxyl groups excluding tert-OH is 1. The molecule has 5 N–H and O–H groups in total. The quantitative estimate of drug-likeness (QED) is 0.245. The van der Waals surface area contributed by atoms with E-state index in [9.17, 15) is 9.90 Å². The second-order valence-corrected chi connectivity index (χ2v) is 11.4. The Morgan fingerprint density at radius 1 is 1.05 bits per heavy atom. The second kappa shape index (κ2) is 12.1. The molecule has 0 bridgehead atoms. The van der Waals surface area contributed by atoms with Gasteiger partial charge in [0.2, 0.25) is 11.9 Å². The smallest absolute Gasteiger partial charge is 0.255 e. The Bertz CT molecular complexity index is 1550. The van der Waals surface area contributed by atoms with E-state index in [1.807, 2.05) is 73.7 Å². The number of carbonyl (C=O) groups is 1. The number of ether oxygens (including phenoxy) is 1. The number of nitrogens with one attached hydrogen (secondary N) is 2. The first-order valence-corrected chi connectivity index (χ1v) is 14.0. The Labute approximate surface area is 246 Å². The van der Waals surface area contributed by atoms with E-state index < -0.39 is 0 Å². The maximum atomic E-state index is 13.0. The number of nitrogen functional groups attached to an aromatic ring is 1. The summed E-state index contributed by atoms with van der Waals surface area (Å²) in [4.78, 5) is 28.5. The van der Waals surface area contributed by atoms with Gasteiger partial charge in [-0.2, -0.15) is 15.0 Å². The molecule has 1 aliphatic rings. The molecule has 1 aliphatic heterocycles. The van der Waals surface area contributed by atoms with Crippen LogP contribution >= 0.6 is 0 Å². The van der Waals surface area contributed by atoms with Crippen molar-refractivity contribution in [3.8, 4) is 11.4 Å². The van der Waals surface area contributed by atoms with Gasteiger partial charge in [0.05, 0.1) is 19.3 Å². The van der Waals surface area contributed by atoms with Crippen molar-refractivity contribution < 1.29 is 14.6 Å². The first-order chi connectivity index (χ1) is 20.1. The van der Waals surface area contributed by atoms with Gasteiger partial charge in [-0.05, 0) is 65.9 Å². The summed E-state index contributed by atoms with van der Waals surface area (Å²) in [5.74, 6) is 0.591. The molecule has 218 valence electrons. The maximum Gasteiger partial charge on any atom is 0.255 e. The molecule has 1 fully saturated rings. The number of rotatable bonds is 7. The van der Waals surface area contributed by atoms with Crippen LogP contribution in [0.3, 0.4) is 0 Å². The molecule has 10 nitrogen and oxygen atoms in total. The molecule has 1 saturated heterocycles. The van der Waals surface area contributed by atoms with Gasteiger partial charge in [-0.3, -0.25) is 4.79 Å². The van der Waals surface area contributed by atoms with Gasteiger partial charge in [-0.1, -0.05) is 45.0 Å². The van der Waals surface area contributed by atoms with Gasteiger partial charge in [0.15, 0.2) is 5.82 Å². The van der Waals surface area contributed by atoms with Crippen LogP contribution in [-0.2, 0) is 10.2 Å². The second-order valence-electron chi connectivity index (χ2n) is 11.4. The number of benzene rings is 3. The Morgan fingerprint density at radius 3 is 2.48 bits per heavy atom. The molecular formula is C32H37N7O3. The first-order valence-electron chi connectivity index (χ1n) is 14.0. The number of carbonyl (C=O) groups excluding carboxylic acids is 1. The average molecular weight is 568 g/mol. The van der Waals surface area contributed by atoms with E-state index in [0.717, 1.165) is 29.0 Å². The number of morpholine rings is 1. The Morgan fingerprint density at radius 2 is 1.79 bits per heavy atom. The minimum absolute atomic E-state index is 0.000517. The van der Waals surface area contributed by atoms with E-state index in [1.165, 1.54) is 5.56 Å². The van der Waals surface area contributed by atoms with Gasteiger partial charge < -0.3 is 31.1 Å². The van der Waals surface area contributed by atoms with Crippen molar-refractivity contribution in [1.29, 1.82) is 0 Å². The number of nitrogens with two attached hydrogens (primary N) is 1. The lowest BCUT2D eigenvalue weighted by Gasteiger charge is -2.33. The summed E-state index contributed by atoms with van der Waals surface area (Å²) in [5.41, 5.74) is 11.9. The molecule has 2 heterocycles. The highest BCUT2D eigenvalue weighted by Crippen LogP contribution is 2.29. The average Bonchev–Trinajstić information content (AvgIpc) is 2.98. The number of aromatic nitrogens is 3. The van der Waals surface area contributed by atoms with Crippen LogP contribution in [-0.4, -0.2) is 58.4 Å². The predicted molar refractivity (Wildman–Crippen MR) is 166 cm³/mol. The van der Waals surface area contributed by atoms with Crippen LogP contribution in [0.1, 0.15) is 42.3 Å². The molecule has 0 spiro atoms. The highest BCUT2D eigenvalue weighted by molar-refractivity contribution is 6.05. The summed E-state index contributed by atoms with van der Waals surface area (Å²) in [6.07, 6.45) is -0.182. The van der Waals surface area contributed by atoms with Crippen LogP contribution in [0.15, 0.2) is 66.7 Å². The predicted octanol–water partition coefficient (Wildman–Crippen LogP) is 4.92. The Kier molecular flexibility index (Phi) is 8.37. The van der Waals surface area contributed by atoms with Crippen LogP contribution in [0.5, 0.6) is 0 Å². The summed E-state index contributed by atoms with van der Waals surface area (Å²) >= 11 is 0. The third-order valence-corrected chi connectivity index (χ3v) is 7.32. The van der Waals surface area contributed by atoms with Gasteiger partial charge in [0.25, 0.3) is 5.91 Å². The molecule has 1 amide bonds. The normalized spacial score (nSPS) is 15.4. The number of amides is 1. The molecule has 0 saturated carbocycles. The van der Waals surface area contributed by atoms with Gasteiger partial charge in [-0.25, -0.2) is 0 Å². The standard InChI is InChI=1S/C32H37N7O3/c1-20-26(6-5-7-27(20)35-29(41)21-8-10-22(11-9-21)32(2,3)4)28-36-30(33)38-31(37-28)34-23-12-14-24(15-13-23)39-16-17-42-25(18-39)19-40/h5-15,25,40H,16-19H2,1-4H3,(H,35,41)(H3,33,34,36,37,38). The zero-order chi connectivity index (χ0) is 29.9. The van der Waals surface area contributed by atoms with Crippen LogP contribution in [0.25, 0.3) is 11.4 Å². The number of anilines is 5. The molecule has 5 rings (SSSR count).